The first-order valence-corrected chi connectivity index (χ1v) is 7.93. The molecule has 6 nitrogen and oxygen atoms in total. The monoisotopic (exact) mass is 340 g/mol. The summed E-state index contributed by atoms with van der Waals surface area (Å²) in [6.07, 6.45) is 0. The van der Waals surface area contributed by atoms with Gasteiger partial charge in [-0.25, -0.2) is 0 Å². The third-order valence-electron chi connectivity index (χ3n) is 4.18. The van der Waals surface area contributed by atoms with E-state index >= 15 is 0 Å². The quantitative estimate of drug-likeness (QED) is 0.927. The fourth-order valence-electron chi connectivity index (χ4n) is 2.88. The molecule has 0 aromatic heterocycles. The smallest absolute Gasteiger partial charge is 0.253 e. The Kier molecular flexibility index (Phi) is 4.61. The lowest BCUT2D eigenvalue weighted by atomic mass is 10.1. The number of hydrogen-bond acceptors (Lipinski definition) is 4. The van der Waals surface area contributed by atoms with E-state index in [0.29, 0.717) is 29.3 Å². The summed E-state index contributed by atoms with van der Waals surface area (Å²) < 4.78 is 10.6. The van der Waals surface area contributed by atoms with Crippen molar-refractivity contribution in [3.05, 3.63) is 53.1 Å². The van der Waals surface area contributed by atoms with Crippen LogP contribution in [0.15, 0.2) is 36.4 Å². The van der Waals surface area contributed by atoms with Crippen LogP contribution in [0.1, 0.15) is 21.5 Å². The van der Waals surface area contributed by atoms with Crippen molar-refractivity contribution in [2.45, 2.75) is 13.5 Å². The van der Waals surface area contributed by atoms with Crippen LogP contribution in [-0.2, 0) is 11.3 Å². The van der Waals surface area contributed by atoms with Crippen LogP contribution >= 0.6 is 0 Å². The summed E-state index contributed by atoms with van der Waals surface area (Å²) in [6.45, 7) is 2.23. The fraction of sp³-hybridized carbons (Fsp3) is 0.263. The average molecular weight is 340 g/mol. The molecule has 25 heavy (non-hydrogen) atoms. The number of ether oxygens (including phenoxy) is 2. The summed E-state index contributed by atoms with van der Waals surface area (Å²) in [6, 6.07) is 11.0. The number of amides is 2. The number of aryl methyl sites for hydroxylation is 1. The Morgan fingerprint density at radius 1 is 1.04 bits per heavy atom. The third kappa shape index (κ3) is 3.28. The molecule has 0 aliphatic carbocycles. The van der Waals surface area contributed by atoms with Crippen LogP contribution in [-0.4, -0.2) is 32.6 Å². The van der Waals surface area contributed by atoms with Crippen molar-refractivity contribution in [3.8, 4) is 11.5 Å². The van der Waals surface area contributed by atoms with E-state index in [9.17, 15) is 9.59 Å². The first-order chi connectivity index (χ1) is 12.0. The van der Waals surface area contributed by atoms with Crippen molar-refractivity contribution in [2.75, 3.05) is 25.7 Å². The van der Waals surface area contributed by atoms with Gasteiger partial charge in [0.05, 0.1) is 38.6 Å². The molecule has 0 bridgehead atoms. The molecule has 0 saturated heterocycles. The van der Waals surface area contributed by atoms with Gasteiger partial charge < -0.3 is 19.7 Å². The number of anilines is 1. The highest BCUT2D eigenvalue weighted by atomic mass is 16.5. The topological polar surface area (TPSA) is 67.9 Å². The van der Waals surface area contributed by atoms with Crippen molar-refractivity contribution < 1.29 is 19.1 Å². The minimum Gasteiger partial charge on any atom is -0.493 e. The second-order valence-electron chi connectivity index (χ2n) is 5.87. The molecule has 3 rings (SSSR count). The minimum absolute atomic E-state index is 0.0279. The molecule has 0 fully saturated rings. The zero-order valence-electron chi connectivity index (χ0n) is 14.5. The second kappa shape index (κ2) is 6.84. The molecule has 0 spiro atoms. The van der Waals surface area contributed by atoms with Gasteiger partial charge in [0, 0.05) is 0 Å². The van der Waals surface area contributed by atoms with Crippen LogP contribution in [0, 0.1) is 6.92 Å². The number of carbonyl (C=O) groups is 2. The molecule has 2 aromatic rings. The van der Waals surface area contributed by atoms with Crippen LogP contribution in [0.25, 0.3) is 0 Å². The summed E-state index contributed by atoms with van der Waals surface area (Å²) in [5, 5.41) is 2.66. The number of fused-ring (bicyclic) bond motifs is 1. The first kappa shape index (κ1) is 16.8. The Bertz CT molecular complexity index is 832. The van der Waals surface area contributed by atoms with Crippen LogP contribution in [0.4, 0.5) is 5.69 Å². The molecule has 0 unspecified atom stereocenters. The first-order valence-electron chi connectivity index (χ1n) is 7.93. The number of rotatable bonds is 4. The summed E-state index contributed by atoms with van der Waals surface area (Å²) in [5.74, 6) is 0.828. The number of nitrogens with zero attached hydrogens (tertiary/aromatic N) is 1. The van der Waals surface area contributed by atoms with Gasteiger partial charge in [-0.3, -0.25) is 9.59 Å². The van der Waals surface area contributed by atoms with E-state index in [1.165, 1.54) is 0 Å². The molecule has 1 aliphatic heterocycles. The normalized spacial score (nSPS) is 13.8. The maximum absolute atomic E-state index is 12.5. The fourth-order valence-corrected chi connectivity index (χ4v) is 2.88. The molecule has 0 radical (unpaired) electrons. The van der Waals surface area contributed by atoms with Gasteiger partial charge in [-0.15, -0.1) is 0 Å². The Hall–Kier alpha value is -3.02. The predicted molar refractivity (Wildman–Crippen MR) is 94.2 cm³/mol. The number of nitrogens with one attached hydrogen (secondary N) is 1. The lowest BCUT2D eigenvalue weighted by Gasteiger charge is -2.23. The van der Waals surface area contributed by atoms with E-state index in [-0.39, 0.29) is 18.4 Å². The van der Waals surface area contributed by atoms with Gasteiger partial charge in [0.15, 0.2) is 11.5 Å². The van der Waals surface area contributed by atoms with E-state index < -0.39 is 0 Å². The van der Waals surface area contributed by atoms with E-state index in [4.69, 9.17) is 9.47 Å². The molecule has 2 amide bonds. The molecular formula is C19H20N2O4. The SMILES string of the molecule is COc1ccc(CN2C(=O)CNC(=O)c3cc(C)ccc32)cc1OC. The second-order valence-corrected chi connectivity index (χ2v) is 5.87. The minimum atomic E-state index is -0.234. The Morgan fingerprint density at radius 3 is 2.52 bits per heavy atom. The van der Waals surface area contributed by atoms with Gasteiger partial charge in [-0.1, -0.05) is 17.7 Å². The molecule has 0 saturated carbocycles. The van der Waals surface area contributed by atoms with Crippen LogP contribution in [0.2, 0.25) is 0 Å². The highest BCUT2D eigenvalue weighted by Crippen LogP contribution is 2.30. The molecule has 2 aromatic carbocycles. The number of carbonyl (C=O) groups excluding carboxylic acids is 2. The van der Waals surface area contributed by atoms with Gasteiger partial charge in [0.2, 0.25) is 5.91 Å². The van der Waals surface area contributed by atoms with Crippen molar-refractivity contribution in [1.82, 2.24) is 5.32 Å². The van der Waals surface area contributed by atoms with E-state index in [2.05, 4.69) is 5.32 Å². The molecule has 0 atom stereocenters. The third-order valence-corrected chi connectivity index (χ3v) is 4.18. The van der Waals surface area contributed by atoms with Crippen molar-refractivity contribution in [1.29, 1.82) is 0 Å². The number of benzene rings is 2. The standard InChI is InChI=1S/C19H20N2O4/c1-12-4-6-15-14(8-12)19(23)20-10-18(22)21(15)11-13-5-7-16(24-2)17(9-13)25-3/h4-9H,10-11H2,1-3H3,(H,20,23). The summed E-state index contributed by atoms with van der Waals surface area (Å²) in [4.78, 5) is 26.4. The largest absolute Gasteiger partial charge is 0.493 e. The average Bonchev–Trinajstić information content (AvgIpc) is 2.73. The molecule has 1 N–H and O–H groups in total. The lowest BCUT2D eigenvalue weighted by Crippen LogP contribution is -2.36. The van der Waals surface area contributed by atoms with Crippen LogP contribution in [0.5, 0.6) is 11.5 Å². The highest BCUT2D eigenvalue weighted by Gasteiger charge is 2.26. The summed E-state index contributed by atoms with van der Waals surface area (Å²) >= 11 is 0. The van der Waals surface area contributed by atoms with Crippen LogP contribution < -0.4 is 19.7 Å². The lowest BCUT2D eigenvalue weighted by molar-refractivity contribution is -0.117. The van der Waals surface area contributed by atoms with E-state index in [1.807, 2.05) is 31.2 Å². The zero-order valence-corrected chi connectivity index (χ0v) is 14.5. The Balaban J connectivity index is 2.00. The van der Waals surface area contributed by atoms with Crippen molar-refractivity contribution in [2.24, 2.45) is 0 Å². The summed E-state index contributed by atoms with van der Waals surface area (Å²) in [5.41, 5.74) is 2.97. The number of methoxy groups -OCH3 is 2. The number of hydrogen-bond donors (Lipinski definition) is 1. The van der Waals surface area contributed by atoms with Crippen molar-refractivity contribution in [3.63, 3.8) is 0 Å². The van der Waals surface area contributed by atoms with Gasteiger partial charge in [0.25, 0.3) is 5.91 Å². The molecule has 6 heteroatoms. The van der Waals surface area contributed by atoms with Crippen molar-refractivity contribution >= 4 is 17.5 Å². The Morgan fingerprint density at radius 2 is 1.80 bits per heavy atom. The van der Waals surface area contributed by atoms with Gasteiger partial charge in [0.1, 0.15) is 0 Å². The summed E-state index contributed by atoms with van der Waals surface area (Å²) in [7, 11) is 3.14. The molecular weight excluding hydrogens is 320 g/mol. The predicted octanol–water partition coefficient (Wildman–Crippen LogP) is 2.29. The zero-order chi connectivity index (χ0) is 18.0. The molecule has 1 aliphatic rings. The maximum Gasteiger partial charge on any atom is 0.253 e. The van der Waals surface area contributed by atoms with Gasteiger partial charge in [-0.05, 0) is 36.8 Å². The molecule has 130 valence electrons. The van der Waals surface area contributed by atoms with E-state index in [0.717, 1.165) is 11.1 Å². The highest BCUT2D eigenvalue weighted by molar-refractivity contribution is 6.09. The maximum atomic E-state index is 12.5. The van der Waals surface area contributed by atoms with Gasteiger partial charge in [-0.2, -0.15) is 0 Å². The van der Waals surface area contributed by atoms with Gasteiger partial charge >= 0.3 is 0 Å². The van der Waals surface area contributed by atoms with E-state index in [1.54, 1.807) is 31.3 Å². The van der Waals surface area contributed by atoms with Crippen LogP contribution in [0.3, 0.4) is 0 Å². The Labute approximate surface area is 146 Å². The molecule has 1 heterocycles.